The number of esters is 5. The Morgan fingerprint density at radius 1 is 0.772 bits per heavy atom. The van der Waals surface area contributed by atoms with E-state index in [9.17, 15) is 29.4 Å². The fourth-order valence-electron chi connectivity index (χ4n) is 17.5. The molecule has 0 aromatic heterocycles. The molecule has 12 atom stereocenters. The average molecular weight is 793 g/mol. The van der Waals surface area contributed by atoms with Crippen LogP contribution in [-0.2, 0) is 42.9 Å². The van der Waals surface area contributed by atoms with Crippen LogP contribution in [0.4, 0.5) is 0 Å². The molecular formula is C46H64O11. The number of carbonyl (C=O) groups is 5. The van der Waals surface area contributed by atoms with Crippen LogP contribution in [0.1, 0.15) is 137 Å². The minimum atomic E-state index is -1.18. The molecule has 2 heterocycles. The van der Waals surface area contributed by atoms with E-state index in [1.54, 1.807) is 6.92 Å². The van der Waals surface area contributed by atoms with Gasteiger partial charge in [-0.05, 0) is 137 Å². The quantitative estimate of drug-likeness (QED) is 0.134. The Labute approximate surface area is 336 Å². The Hall–Kier alpha value is -2.53. The summed E-state index contributed by atoms with van der Waals surface area (Å²) in [4.78, 5) is 69.6. The summed E-state index contributed by atoms with van der Waals surface area (Å²) < 4.78 is 24.3. The van der Waals surface area contributed by atoms with Gasteiger partial charge >= 0.3 is 29.8 Å². The summed E-state index contributed by atoms with van der Waals surface area (Å²) in [5.41, 5.74) is -4.15. The van der Waals surface area contributed by atoms with Crippen LogP contribution < -0.4 is 0 Å². The van der Waals surface area contributed by atoms with Gasteiger partial charge in [-0.1, -0.05) is 27.7 Å². The molecule has 10 saturated carbocycles. The van der Waals surface area contributed by atoms with Gasteiger partial charge in [0.25, 0.3) is 0 Å². The van der Waals surface area contributed by atoms with E-state index in [0.717, 1.165) is 25.7 Å². The normalized spacial score (nSPS) is 49.5. The molecule has 10 aliphatic carbocycles. The maximum Gasteiger partial charge on any atom is 0.318 e. The van der Waals surface area contributed by atoms with E-state index in [-0.39, 0.29) is 84.5 Å². The van der Waals surface area contributed by atoms with E-state index >= 15 is 4.79 Å². The smallest absolute Gasteiger partial charge is 0.318 e. The van der Waals surface area contributed by atoms with Crippen molar-refractivity contribution < 1.29 is 53.1 Å². The first-order valence-electron chi connectivity index (χ1n) is 22.8. The fourth-order valence-corrected chi connectivity index (χ4v) is 17.5. The van der Waals surface area contributed by atoms with Gasteiger partial charge in [0.05, 0.1) is 47.4 Å². The van der Waals surface area contributed by atoms with Crippen molar-refractivity contribution in [2.24, 2.45) is 88.3 Å². The highest BCUT2D eigenvalue weighted by Crippen LogP contribution is 2.67. The lowest BCUT2D eigenvalue weighted by Crippen LogP contribution is -2.67. The Morgan fingerprint density at radius 3 is 1.96 bits per heavy atom. The number of carbonyl (C=O) groups excluding carboxylic acids is 5. The SMILES string of the molecule is CCC(CC)(OC(=O)C(CC(C(=O)OC12CC3CC(O)(CC(O)(C3)C1)C2)C1C(=O)OC(=O)C1C)CC1C(C)C2CC1C1COC(=O)C21)C12CC3CC(CC(C3)C1)C2. The summed E-state index contributed by atoms with van der Waals surface area (Å²) in [7, 11) is 0. The molecule has 314 valence electrons. The maximum atomic E-state index is 15.3. The van der Waals surface area contributed by atoms with Crippen molar-refractivity contribution in [3.8, 4) is 0 Å². The van der Waals surface area contributed by atoms with Gasteiger partial charge in [0.15, 0.2) is 0 Å². The second-order valence-electron chi connectivity index (χ2n) is 22.1. The van der Waals surface area contributed by atoms with Crippen molar-refractivity contribution in [3.05, 3.63) is 0 Å². The third kappa shape index (κ3) is 5.86. The Bertz CT molecular complexity index is 1680. The fraction of sp³-hybridized carbons (Fsp3) is 0.891. The molecule has 2 N–H and O–H groups in total. The van der Waals surface area contributed by atoms with Gasteiger partial charge in [-0.15, -0.1) is 0 Å². The monoisotopic (exact) mass is 792 g/mol. The van der Waals surface area contributed by atoms with Gasteiger partial charge in [-0.25, -0.2) is 0 Å². The minimum Gasteiger partial charge on any atom is -0.465 e. The highest BCUT2D eigenvalue weighted by molar-refractivity contribution is 5.98. The van der Waals surface area contributed by atoms with Crippen LogP contribution >= 0.6 is 0 Å². The predicted octanol–water partition coefficient (Wildman–Crippen LogP) is 6.09. The van der Waals surface area contributed by atoms with E-state index in [1.165, 1.54) is 19.3 Å². The summed E-state index contributed by atoms with van der Waals surface area (Å²) in [6, 6.07) is 0. The third-order valence-electron chi connectivity index (χ3n) is 18.9. The standard InChI is InChI=1S/C46H64O11/c1-5-46(6-2,42-13-25-7-26(14-42)9-27(8-25)15-42)57-38(48)29(10-30-23(3)31-12-32(30)34-19-54-40(50)36(31)34)11-33(35-24(4)37(47)55-41(35)51)39(49)56-45-18-28-16-43(52,21-45)20-44(53,17-28)22-45/h23-36,52-53H,5-22H2,1-4H3. The molecule has 12 rings (SSSR count). The highest BCUT2D eigenvalue weighted by atomic mass is 16.6. The first-order chi connectivity index (χ1) is 27.0. The van der Waals surface area contributed by atoms with Crippen LogP contribution in [-0.4, -0.2) is 69.1 Å². The number of aliphatic hydroxyl groups is 2. The van der Waals surface area contributed by atoms with Crippen LogP contribution in [0.2, 0.25) is 0 Å². The van der Waals surface area contributed by atoms with Gasteiger partial charge in [0.2, 0.25) is 0 Å². The number of rotatable bonds is 12. The van der Waals surface area contributed by atoms with Gasteiger partial charge in [-0.2, -0.15) is 0 Å². The summed E-state index contributed by atoms with van der Waals surface area (Å²) >= 11 is 0. The lowest BCUT2D eigenvalue weighted by Gasteiger charge is -2.63. The van der Waals surface area contributed by atoms with Crippen molar-refractivity contribution >= 4 is 29.8 Å². The first-order valence-corrected chi connectivity index (χ1v) is 22.8. The van der Waals surface area contributed by atoms with Crippen LogP contribution in [0.5, 0.6) is 0 Å². The zero-order chi connectivity index (χ0) is 40.0. The number of fused-ring (bicyclic) bond motifs is 5. The predicted molar refractivity (Wildman–Crippen MR) is 202 cm³/mol. The van der Waals surface area contributed by atoms with Crippen molar-refractivity contribution in [3.63, 3.8) is 0 Å². The number of cyclic esters (lactones) is 3. The maximum absolute atomic E-state index is 15.3. The Morgan fingerprint density at radius 2 is 1.40 bits per heavy atom. The zero-order valence-electron chi connectivity index (χ0n) is 34.4. The first kappa shape index (κ1) is 38.7. The largest absolute Gasteiger partial charge is 0.465 e. The zero-order valence-corrected chi connectivity index (χ0v) is 34.4. The average Bonchev–Trinajstić information content (AvgIpc) is 3.84. The summed E-state index contributed by atoms with van der Waals surface area (Å²) in [5, 5.41) is 23.1. The van der Waals surface area contributed by atoms with E-state index in [0.29, 0.717) is 62.9 Å². The molecule has 10 bridgehead atoms. The van der Waals surface area contributed by atoms with Gasteiger partial charge in [0.1, 0.15) is 11.2 Å². The molecule has 0 aromatic carbocycles. The van der Waals surface area contributed by atoms with Crippen LogP contribution in [0, 0.1) is 88.3 Å². The molecule has 2 saturated heterocycles. The van der Waals surface area contributed by atoms with Gasteiger partial charge in [0, 0.05) is 30.6 Å². The second kappa shape index (κ2) is 13.0. The summed E-state index contributed by atoms with van der Waals surface area (Å²) in [6.45, 7) is 8.47. The topological polar surface area (TPSA) is 163 Å². The Kier molecular flexibility index (Phi) is 8.81. The highest BCUT2D eigenvalue weighted by Gasteiger charge is 2.67. The number of hydrogen-bond acceptors (Lipinski definition) is 11. The molecule has 11 nitrogen and oxygen atoms in total. The molecule has 0 aromatic rings. The van der Waals surface area contributed by atoms with Crippen LogP contribution in [0.25, 0.3) is 0 Å². The molecule has 0 amide bonds. The molecule has 0 spiro atoms. The lowest BCUT2D eigenvalue weighted by molar-refractivity contribution is -0.263. The third-order valence-corrected chi connectivity index (χ3v) is 18.9. The van der Waals surface area contributed by atoms with Gasteiger partial charge in [-0.3, -0.25) is 24.0 Å². The Balaban J connectivity index is 0.991. The molecule has 12 fully saturated rings. The van der Waals surface area contributed by atoms with Crippen molar-refractivity contribution in [2.45, 2.75) is 159 Å². The molecule has 2 aliphatic heterocycles. The van der Waals surface area contributed by atoms with Crippen molar-refractivity contribution in [1.82, 2.24) is 0 Å². The van der Waals surface area contributed by atoms with Crippen molar-refractivity contribution in [1.29, 1.82) is 0 Å². The van der Waals surface area contributed by atoms with E-state index in [1.807, 2.05) is 0 Å². The molecule has 0 radical (unpaired) electrons. The van der Waals surface area contributed by atoms with Crippen LogP contribution in [0.3, 0.4) is 0 Å². The number of ether oxygens (including phenoxy) is 4. The number of hydrogen-bond donors (Lipinski definition) is 2. The van der Waals surface area contributed by atoms with Gasteiger partial charge < -0.3 is 29.2 Å². The van der Waals surface area contributed by atoms with Crippen molar-refractivity contribution in [2.75, 3.05) is 6.61 Å². The summed E-state index contributed by atoms with van der Waals surface area (Å²) in [6.07, 6.45) is 12.0. The van der Waals surface area contributed by atoms with E-state index in [4.69, 9.17) is 18.9 Å². The van der Waals surface area contributed by atoms with Crippen LogP contribution in [0.15, 0.2) is 0 Å². The minimum absolute atomic E-state index is 0.00230. The summed E-state index contributed by atoms with van der Waals surface area (Å²) in [5.74, 6) is -4.06. The second-order valence-corrected chi connectivity index (χ2v) is 22.1. The molecule has 12 aliphatic rings. The lowest BCUT2D eigenvalue weighted by atomic mass is 9.44. The molecule has 12 unspecified atom stereocenters. The van der Waals surface area contributed by atoms with E-state index in [2.05, 4.69) is 20.8 Å². The molecular weight excluding hydrogens is 728 g/mol. The van der Waals surface area contributed by atoms with E-state index < -0.39 is 64.0 Å². The molecule has 11 heteroatoms. The molecule has 57 heavy (non-hydrogen) atoms.